The van der Waals surface area contributed by atoms with Crippen LogP contribution in [-0.4, -0.2) is 24.0 Å². The lowest BCUT2D eigenvalue weighted by Gasteiger charge is -2.39. The topological polar surface area (TPSA) is 29.3 Å². The minimum absolute atomic E-state index is 0.0376. The van der Waals surface area contributed by atoms with Crippen LogP contribution in [0.3, 0.4) is 0 Å². The summed E-state index contributed by atoms with van der Waals surface area (Å²) in [7, 11) is 0. The van der Waals surface area contributed by atoms with Crippen LogP contribution in [0.4, 0.5) is 4.39 Å². The predicted molar refractivity (Wildman–Crippen MR) is 70.8 cm³/mol. The van der Waals surface area contributed by atoms with Gasteiger partial charge in [0.05, 0.1) is 0 Å². The molecule has 98 valence electrons. The first-order valence-corrected chi connectivity index (χ1v) is 6.92. The molecule has 0 amide bonds. The first kappa shape index (κ1) is 12.1. The monoisotopic (exact) mass is 248 g/mol. The Morgan fingerprint density at radius 3 is 2.94 bits per heavy atom. The largest absolute Gasteiger partial charge is 0.327 e. The second-order valence-electron chi connectivity index (χ2n) is 5.92. The normalized spacial score (nSPS) is 32.5. The van der Waals surface area contributed by atoms with Crippen molar-refractivity contribution in [3.05, 3.63) is 35.1 Å². The number of nitrogens with two attached hydrogens (primary N) is 1. The summed E-state index contributed by atoms with van der Waals surface area (Å²) in [5, 5.41) is 0. The summed E-state index contributed by atoms with van der Waals surface area (Å²) in [5.41, 5.74) is 8.23. The number of benzene rings is 1. The van der Waals surface area contributed by atoms with Gasteiger partial charge in [-0.2, -0.15) is 0 Å². The molecule has 2 N–H and O–H groups in total. The summed E-state index contributed by atoms with van der Waals surface area (Å²) < 4.78 is 13.7. The lowest BCUT2D eigenvalue weighted by molar-refractivity contribution is 0.115. The maximum Gasteiger partial charge on any atom is 0.126 e. The summed E-state index contributed by atoms with van der Waals surface area (Å²) in [6.45, 7) is 4.30. The van der Waals surface area contributed by atoms with Crippen molar-refractivity contribution < 1.29 is 4.39 Å². The summed E-state index contributed by atoms with van der Waals surface area (Å²) in [6, 6.07) is 6.14. The van der Waals surface area contributed by atoms with E-state index in [1.807, 2.05) is 6.07 Å². The first-order chi connectivity index (χ1) is 8.65. The highest BCUT2D eigenvalue weighted by Gasteiger charge is 2.33. The van der Waals surface area contributed by atoms with Crippen LogP contribution in [0.2, 0.25) is 0 Å². The van der Waals surface area contributed by atoms with E-state index in [0.717, 1.165) is 37.9 Å². The maximum absolute atomic E-state index is 13.7. The molecule has 2 aliphatic rings. The molecular weight excluding hydrogens is 227 g/mol. The third-order valence-corrected chi connectivity index (χ3v) is 4.34. The van der Waals surface area contributed by atoms with Crippen molar-refractivity contribution in [2.75, 3.05) is 13.1 Å². The van der Waals surface area contributed by atoms with E-state index in [9.17, 15) is 4.39 Å². The van der Waals surface area contributed by atoms with Gasteiger partial charge < -0.3 is 5.73 Å². The zero-order valence-electron chi connectivity index (χ0n) is 10.9. The molecule has 0 radical (unpaired) electrons. The van der Waals surface area contributed by atoms with Crippen LogP contribution in [0.1, 0.15) is 36.9 Å². The molecule has 3 heteroatoms. The quantitative estimate of drug-likeness (QED) is 0.827. The highest BCUT2D eigenvalue weighted by molar-refractivity contribution is 5.35. The van der Waals surface area contributed by atoms with Gasteiger partial charge in [0.15, 0.2) is 0 Å². The second-order valence-corrected chi connectivity index (χ2v) is 5.92. The molecule has 1 aromatic carbocycles. The summed E-state index contributed by atoms with van der Waals surface area (Å²) in [5.74, 6) is 0.607. The van der Waals surface area contributed by atoms with E-state index in [0.29, 0.717) is 12.0 Å². The van der Waals surface area contributed by atoms with Crippen LogP contribution in [0.5, 0.6) is 0 Å². The number of likely N-dealkylation sites (tertiary alicyclic amines) is 1. The third kappa shape index (κ3) is 2.06. The van der Waals surface area contributed by atoms with Crippen molar-refractivity contribution in [2.45, 2.75) is 38.3 Å². The third-order valence-electron chi connectivity index (χ3n) is 4.34. The smallest absolute Gasteiger partial charge is 0.126 e. The maximum atomic E-state index is 13.7. The molecule has 1 aliphatic carbocycles. The molecule has 0 spiro atoms. The van der Waals surface area contributed by atoms with E-state index < -0.39 is 0 Å². The molecule has 3 rings (SSSR count). The molecule has 2 nitrogen and oxygen atoms in total. The van der Waals surface area contributed by atoms with E-state index in [1.54, 1.807) is 6.07 Å². The molecule has 0 aromatic heterocycles. The summed E-state index contributed by atoms with van der Waals surface area (Å²) >= 11 is 0. The second kappa shape index (κ2) is 4.63. The SMILES string of the molecule is CC1CC(N)CN(C2CCc3c(F)cccc32)C1. The Bertz CT molecular complexity index is 436. The van der Waals surface area contributed by atoms with E-state index in [4.69, 9.17) is 5.73 Å². The molecule has 3 atom stereocenters. The van der Waals surface area contributed by atoms with Crippen molar-refractivity contribution >= 4 is 0 Å². The number of nitrogens with zero attached hydrogens (tertiary/aromatic N) is 1. The molecule has 3 unspecified atom stereocenters. The van der Waals surface area contributed by atoms with Gasteiger partial charge in [-0.3, -0.25) is 4.90 Å². The van der Waals surface area contributed by atoms with Crippen molar-refractivity contribution in [1.29, 1.82) is 0 Å². The minimum atomic E-state index is -0.0376. The van der Waals surface area contributed by atoms with Gasteiger partial charge in [-0.15, -0.1) is 0 Å². The zero-order valence-corrected chi connectivity index (χ0v) is 10.9. The van der Waals surface area contributed by atoms with Crippen LogP contribution < -0.4 is 5.73 Å². The predicted octanol–water partition coefficient (Wildman–Crippen LogP) is 2.48. The Morgan fingerprint density at radius 2 is 2.17 bits per heavy atom. The average molecular weight is 248 g/mol. The fourth-order valence-corrected chi connectivity index (χ4v) is 3.66. The van der Waals surface area contributed by atoms with Gasteiger partial charge >= 0.3 is 0 Å². The minimum Gasteiger partial charge on any atom is -0.327 e. The van der Waals surface area contributed by atoms with Gasteiger partial charge in [0.2, 0.25) is 0 Å². The first-order valence-electron chi connectivity index (χ1n) is 6.92. The number of fused-ring (bicyclic) bond motifs is 1. The number of rotatable bonds is 1. The molecule has 0 bridgehead atoms. The van der Waals surface area contributed by atoms with E-state index in [-0.39, 0.29) is 11.9 Å². The highest BCUT2D eigenvalue weighted by atomic mass is 19.1. The molecule has 0 saturated carbocycles. The average Bonchev–Trinajstić information content (AvgIpc) is 2.73. The lowest BCUT2D eigenvalue weighted by atomic mass is 9.94. The fourth-order valence-electron chi connectivity index (χ4n) is 3.66. The van der Waals surface area contributed by atoms with Crippen LogP contribution in [0.15, 0.2) is 18.2 Å². The fraction of sp³-hybridized carbons (Fsp3) is 0.600. The Morgan fingerprint density at radius 1 is 1.33 bits per heavy atom. The number of hydrogen-bond acceptors (Lipinski definition) is 2. The van der Waals surface area contributed by atoms with Gasteiger partial charge in [0.25, 0.3) is 0 Å². The molecule has 18 heavy (non-hydrogen) atoms. The Hall–Kier alpha value is -0.930. The van der Waals surface area contributed by atoms with Crippen LogP contribution >= 0.6 is 0 Å². The Kier molecular flexibility index (Phi) is 3.12. The number of halogens is 1. The highest BCUT2D eigenvalue weighted by Crippen LogP contribution is 2.38. The molecular formula is C15H21FN2. The molecule has 1 saturated heterocycles. The molecule has 1 heterocycles. The summed E-state index contributed by atoms with van der Waals surface area (Å²) in [6.07, 6.45) is 3.02. The Labute approximate surface area is 108 Å². The number of piperidine rings is 1. The van der Waals surface area contributed by atoms with E-state index in [2.05, 4.69) is 17.9 Å². The van der Waals surface area contributed by atoms with Gasteiger partial charge in [-0.05, 0) is 42.4 Å². The zero-order chi connectivity index (χ0) is 12.7. The van der Waals surface area contributed by atoms with Crippen molar-refractivity contribution in [2.24, 2.45) is 11.7 Å². The van der Waals surface area contributed by atoms with Gasteiger partial charge in [-0.1, -0.05) is 19.1 Å². The van der Waals surface area contributed by atoms with Crippen molar-refractivity contribution in [3.63, 3.8) is 0 Å². The van der Waals surface area contributed by atoms with Crippen LogP contribution in [0, 0.1) is 11.7 Å². The van der Waals surface area contributed by atoms with E-state index in [1.165, 1.54) is 5.56 Å². The molecule has 1 aromatic rings. The van der Waals surface area contributed by atoms with Crippen LogP contribution in [-0.2, 0) is 6.42 Å². The van der Waals surface area contributed by atoms with E-state index >= 15 is 0 Å². The van der Waals surface area contributed by atoms with Crippen molar-refractivity contribution in [1.82, 2.24) is 4.90 Å². The molecule has 1 fully saturated rings. The van der Waals surface area contributed by atoms with Gasteiger partial charge in [0.1, 0.15) is 5.82 Å². The molecule has 1 aliphatic heterocycles. The van der Waals surface area contributed by atoms with Crippen molar-refractivity contribution in [3.8, 4) is 0 Å². The van der Waals surface area contributed by atoms with Gasteiger partial charge in [0, 0.05) is 25.2 Å². The lowest BCUT2D eigenvalue weighted by Crippen LogP contribution is -2.47. The Balaban J connectivity index is 1.85. The number of hydrogen-bond donors (Lipinski definition) is 1. The summed E-state index contributed by atoms with van der Waals surface area (Å²) in [4.78, 5) is 2.46. The van der Waals surface area contributed by atoms with Crippen LogP contribution in [0.25, 0.3) is 0 Å². The van der Waals surface area contributed by atoms with Gasteiger partial charge in [-0.25, -0.2) is 4.39 Å². The standard InChI is InChI=1S/C15H21FN2/c1-10-7-11(17)9-18(8-10)15-6-5-12-13(15)3-2-4-14(12)16/h2-4,10-11,15H,5-9,17H2,1H3.